The molecule has 0 atom stereocenters. The number of carboxylic acid groups (broad SMARTS) is 1. The fraction of sp³-hybridized carbons (Fsp3) is 0.400. The van der Waals surface area contributed by atoms with E-state index in [4.69, 9.17) is 9.84 Å². The molecule has 0 amide bonds. The number of ether oxygens (including phenoxy) is 1. The summed E-state index contributed by atoms with van der Waals surface area (Å²) in [4.78, 5) is 11.7. The average molecular weight is 540 g/mol. The van der Waals surface area contributed by atoms with Crippen molar-refractivity contribution in [3.05, 3.63) is 53.3 Å². The van der Waals surface area contributed by atoms with Crippen LogP contribution in [0.3, 0.4) is 0 Å². The van der Waals surface area contributed by atoms with E-state index in [0.717, 1.165) is 33.8 Å². The number of aryl methyl sites for hydroxylation is 2. The predicted octanol–water partition coefficient (Wildman–Crippen LogP) is 6.09. The summed E-state index contributed by atoms with van der Waals surface area (Å²) < 4.78 is 48.4. The topological polar surface area (TPSA) is 83.9 Å². The van der Waals surface area contributed by atoms with Crippen LogP contribution in [0.25, 0.3) is 10.1 Å². The van der Waals surface area contributed by atoms with E-state index in [9.17, 15) is 17.6 Å². The van der Waals surface area contributed by atoms with Crippen molar-refractivity contribution in [3.63, 3.8) is 0 Å². The normalized spacial score (nSPS) is 11.9. The second kappa shape index (κ2) is 12.2. The third-order valence-corrected chi connectivity index (χ3v) is 10.3. The second-order valence-corrected chi connectivity index (χ2v) is 12.6. The van der Waals surface area contributed by atoms with Gasteiger partial charge in [-0.3, -0.25) is 0 Å². The Labute approximate surface area is 214 Å². The maximum Gasteiger partial charge on any atom is 0.341 e. The molecule has 1 aromatic heterocycles. The molecule has 0 unspecified atom stereocenters. The number of halogens is 1. The van der Waals surface area contributed by atoms with Gasteiger partial charge in [-0.05, 0) is 91.8 Å². The van der Waals surface area contributed by atoms with E-state index in [1.165, 1.54) is 23.5 Å². The molecule has 0 bridgehead atoms. The molecule has 0 spiro atoms. The van der Waals surface area contributed by atoms with Crippen LogP contribution in [0, 0.1) is 19.7 Å². The van der Waals surface area contributed by atoms with Crippen LogP contribution in [-0.4, -0.2) is 49.2 Å². The van der Waals surface area contributed by atoms with Crippen molar-refractivity contribution in [1.29, 1.82) is 0 Å². The summed E-state index contributed by atoms with van der Waals surface area (Å²) in [5.74, 6) is -0.00611. The summed E-state index contributed by atoms with van der Waals surface area (Å²) in [5, 5.41) is 9.40. The first-order valence-electron chi connectivity index (χ1n) is 11.4. The predicted molar refractivity (Wildman–Crippen MR) is 140 cm³/mol. The lowest BCUT2D eigenvalue weighted by atomic mass is 10.2. The van der Waals surface area contributed by atoms with Crippen molar-refractivity contribution >= 4 is 49.2 Å². The van der Waals surface area contributed by atoms with Crippen LogP contribution in [0.15, 0.2) is 45.5 Å². The van der Waals surface area contributed by atoms with E-state index in [1.807, 2.05) is 26.0 Å². The van der Waals surface area contributed by atoms with Crippen molar-refractivity contribution in [2.45, 2.75) is 49.1 Å². The smallest absolute Gasteiger partial charge is 0.341 e. The molecule has 10 heteroatoms. The lowest BCUT2D eigenvalue weighted by molar-refractivity contribution is -0.139. The van der Waals surface area contributed by atoms with Crippen molar-refractivity contribution in [3.8, 4) is 5.75 Å². The summed E-state index contributed by atoms with van der Waals surface area (Å²) in [6.45, 7) is 6.07. The maximum absolute atomic E-state index is 13.7. The zero-order chi connectivity index (χ0) is 25.6. The largest absolute Gasteiger partial charge is 0.482 e. The zero-order valence-electron chi connectivity index (χ0n) is 20.0. The van der Waals surface area contributed by atoms with E-state index in [0.29, 0.717) is 40.4 Å². The van der Waals surface area contributed by atoms with Gasteiger partial charge in [-0.2, -0.15) is 4.31 Å². The number of benzene rings is 2. The van der Waals surface area contributed by atoms with Crippen molar-refractivity contribution in [2.24, 2.45) is 0 Å². The van der Waals surface area contributed by atoms with Gasteiger partial charge in [0.25, 0.3) is 10.0 Å². The Morgan fingerprint density at radius 2 is 1.91 bits per heavy atom. The molecule has 190 valence electrons. The molecule has 0 aliphatic heterocycles. The Morgan fingerprint density at radius 3 is 2.60 bits per heavy atom. The molecule has 2 aromatic carbocycles. The van der Waals surface area contributed by atoms with E-state index in [-0.39, 0.29) is 12.4 Å². The fourth-order valence-electron chi connectivity index (χ4n) is 3.73. The number of thioether (sulfide) groups is 1. The van der Waals surface area contributed by atoms with E-state index < -0.39 is 16.0 Å². The lowest BCUT2D eigenvalue weighted by Crippen LogP contribution is -2.32. The highest BCUT2D eigenvalue weighted by Gasteiger charge is 2.28. The monoisotopic (exact) mass is 539 g/mol. The molecule has 1 N–H and O–H groups in total. The van der Waals surface area contributed by atoms with E-state index in [2.05, 4.69) is 0 Å². The molecule has 0 aliphatic rings. The zero-order valence-corrected chi connectivity index (χ0v) is 22.5. The number of carbonyl (C=O) groups is 1. The summed E-state index contributed by atoms with van der Waals surface area (Å²) in [7, 11) is -3.66. The maximum atomic E-state index is 13.7. The third kappa shape index (κ3) is 6.97. The summed E-state index contributed by atoms with van der Waals surface area (Å²) in [6.07, 6.45) is 2.28. The van der Waals surface area contributed by atoms with E-state index >= 15 is 0 Å². The Balaban J connectivity index is 1.58. The van der Waals surface area contributed by atoms with Gasteiger partial charge in [0.2, 0.25) is 0 Å². The van der Waals surface area contributed by atoms with E-state index in [1.54, 1.807) is 35.1 Å². The molecule has 6 nitrogen and oxygen atoms in total. The summed E-state index contributed by atoms with van der Waals surface area (Å²) in [5.41, 5.74) is 1.47. The van der Waals surface area contributed by atoms with Gasteiger partial charge >= 0.3 is 5.97 Å². The Kier molecular flexibility index (Phi) is 9.57. The number of hydrogen-bond donors (Lipinski definition) is 1. The minimum Gasteiger partial charge on any atom is -0.482 e. The van der Waals surface area contributed by atoms with Crippen molar-refractivity contribution < 1.29 is 27.4 Å². The highest BCUT2D eigenvalue weighted by molar-refractivity contribution is 7.99. The molecule has 0 saturated heterocycles. The van der Waals surface area contributed by atoms with Crippen molar-refractivity contribution in [1.82, 2.24) is 4.31 Å². The van der Waals surface area contributed by atoms with Crippen LogP contribution in [0.2, 0.25) is 0 Å². The minimum atomic E-state index is -3.66. The quantitative estimate of drug-likeness (QED) is 0.209. The molecule has 0 aliphatic carbocycles. The molecule has 0 radical (unpaired) electrons. The highest BCUT2D eigenvalue weighted by atomic mass is 32.2. The standard InChI is InChI=1S/C25H30FNO5S3/c1-4-11-27(35(30,31)25-18(3)21-15-19(26)7-10-23(21)34-25)12-5-6-13-33-20-8-9-22(17(2)14-20)32-16-24(28)29/h7-10,14-15H,4-6,11-13,16H2,1-3H3,(H,28,29). The second-order valence-electron chi connectivity index (χ2n) is 8.22. The number of thiophene rings is 1. The molecule has 3 rings (SSSR count). The van der Waals surface area contributed by atoms with Gasteiger partial charge in [0, 0.05) is 22.7 Å². The Bertz CT molecular complexity index is 1290. The average Bonchev–Trinajstić information content (AvgIpc) is 3.14. The van der Waals surface area contributed by atoms with Crippen LogP contribution in [0.5, 0.6) is 5.75 Å². The SMILES string of the molecule is CCCN(CCCCSc1ccc(OCC(=O)O)c(C)c1)S(=O)(=O)c1sc2ccc(F)cc2c1C. The number of fused-ring (bicyclic) bond motifs is 1. The number of nitrogens with zero attached hydrogens (tertiary/aromatic N) is 1. The van der Waals surface area contributed by atoms with Gasteiger partial charge in [-0.15, -0.1) is 23.1 Å². The molecular weight excluding hydrogens is 509 g/mol. The molecule has 35 heavy (non-hydrogen) atoms. The van der Waals surface area contributed by atoms with Gasteiger partial charge in [-0.25, -0.2) is 17.6 Å². The van der Waals surface area contributed by atoms with Crippen LogP contribution in [-0.2, 0) is 14.8 Å². The summed E-state index contributed by atoms with van der Waals surface area (Å²) in [6, 6.07) is 10.0. The van der Waals surface area contributed by atoms with Crippen LogP contribution in [0.4, 0.5) is 4.39 Å². The number of sulfonamides is 1. The first-order chi connectivity index (χ1) is 16.6. The van der Waals surface area contributed by atoms with Crippen LogP contribution in [0.1, 0.15) is 37.3 Å². The number of unbranched alkanes of at least 4 members (excludes halogenated alkanes) is 1. The lowest BCUT2D eigenvalue weighted by Gasteiger charge is -2.21. The molecule has 1 heterocycles. The number of rotatable bonds is 13. The Morgan fingerprint density at radius 1 is 1.14 bits per heavy atom. The number of carboxylic acids is 1. The van der Waals surface area contributed by atoms with Crippen LogP contribution >= 0.6 is 23.1 Å². The first-order valence-corrected chi connectivity index (χ1v) is 14.6. The van der Waals surface area contributed by atoms with Gasteiger partial charge in [-0.1, -0.05) is 6.92 Å². The van der Waals surface area contributed by atoms with Gasteiger partial charge in [0.15, 0.2) is 6.61 Å². The molecule has 0 fully saturated rings. The molecular formula is C25H30FNO5S3. The summed E-state index contributed by atoms with van der Waals surface area (Å²) >= 11 is 2.87. The first kappa shape index (κ1) is 27.4. The van der Waals surface area contributed by atoms with Gasteiger partial charge in [0.1, 0.15) is 15.8 Å². The van der Waals surface area contributed by atoms with Crippen molar-refractivity contribution in [2.75, 3.05) is 25.4 Å². The van der Waals surface area contributed by atoms with Crippen LogP contribution < -0.4 is 4.74 Å². The highest BCUT2D eigenvalue weighted by Crippen LogP contribution is 2.36. The third-order valence-electron chi connectivity index (χ3n) is 5.47. The molecule has 0 saturated carbocycles. The van der Waals surface area contributed by atoms with Gasteiger partial charge < -0.3 is 9.84 Å². The number of hydrogen-bond acceptors (Lipinski definition) is 6. The fourth-order valence-corrected chi connectivity index (χ4v) is 8.19. The number of aliphatic carboxylic acids is 1. The molecule has 3 aromatic rings. The Hall–Kier alpha value is -2.14. The van der Waals surface area contributed by atoms with Gasteiger partial charge in [0.05, 0.1) is 0 Å². The minimum absolute atomic E-state index is 0.293.